The van der Waals surface area contributed by atoms with E-state index in [1.807, 2.05) is 54.6 Å². The SMILES string of the molecule is CCCCc1c(-c2ccc(C(=O)O)cc2C(=O)C2NCCc3ccccc32)c(C(=O)OCC)nn1-c1ccccc1. The number of carbonyl (C=O) groups excluding carboxylic acids is 2. The summed E-state index contributed by atoms with van der Waals surface area (Å²) in [6.07, 6.45) is 3.11. The summed E-state index contributed by atoms with van der Waals surface area (Å²) in [7, 11) is 0. The topological polar surface area (TPSA) is 111 Å². The number of ether oxygens (including phenoxy) is 1. The lowest BCUT2D eigenvalue weighted by atomic mass is 9.85. The van der Waals surface area contributed by atoms with E-state index in [-0.39, 0.29) is 29.2 Å². The number of ketones is 1. The summed E-state index contributed by atoms with van der Waals surface area (Å²) in [4.78, 5) is 39.7. The second-order valence-corrected chi connectivity index (χ2v) is 10.0. The fraction of sp³-hybridized carbons (Fsp3) is 0.273. The first kappa shape index (κ1) is 28.0. The number of nitrogens with one attached hydrogen (secondary N) is 1. The molecule has 41 heavy (non-hydrogen) atoms. The van der Waals surface area contributed by atoms with Crippen molar-refractivity contribution in [1.29, 1.82) is 0 Å². The van der Waals surface area contributed by atoms with E-state index >= 15 is 0 Å². The molecule has 0 saturated heterocycles. The first-order valence-corrected chi connectivity index (χ1v) is 14.0. The molecule has 0 amide bonds. The minimum absolute atomic E-state index is 0.00978. The molecule has 2 heterocycles. The Labute approximate surface area is 239 Å². The maximum absolute atomic E-state index is 14.3. The Morgan fingerprint density at radius 3 is 2.51 bits per heavy atom. The third kappa shape index (κ3) is 5.56. The summed E-state index contributed by atoms with van der Waals surface area (Å²) in [6, 6.07) is 21.1. The highest BCUT2D eigenvalue weighted by atomic mass is 16.5. The fourth-order valence-corrected chi connectivity index (χ4v) is 5.43. The van der Waals surface area contributed by atoms with Crippen LogP contribution in [0.4, 0.5) is 0 Å². The van der Waals surface area contributed by atoms with Gasteiger partial charge in [-0.3, -0.25) is 4.79 Å². The zero-order valence-corrected chi connectivity index (χ0v) is 23.2. The van der Waals surface area contributed by atoms with Gasteiger partial charge in [-0.05, 0) is 67.1 Å². The zero-order chi connectivity index (χ0) is 28.9. The molecule has 4 aromatic rings. The van der Waals surface area contributed by atoms with E-state index in [9.17, 15) is 19.5 Å². The van der Waals surface area contributed by atoms with Gasteiger partial charge in [0.25, 0.3) is 0 Å². The number of benzene rings is 3. The highest BCUT2D eigenvalue weighted by Crippen LogP contribution is 2.37. The van der Waals surface area contributed by atoms with Crippen LogP contribution in [0.1, 0.15) is 80.8 Å². The Morgan fingerprint density at radius 1 is 1.02 bits per heavy atom. The lowest BCUT2D eigenvalue weighted by molar-refractivity contribution is 0.0519. The number of carboxylic acid groups (broad SMARTS) is 1. The molecule has 0 saturated carbocycles. The van der Waals surface area contributed by atoms with Gasteiger partial charge in [-0.15, -0.1) is 0 Å². The lowest BCUT2D eigenvalue weighted by Gasteiger charge is -2.27. The number of aromatic carboxylic acids is 1. The molecule has 8 nitrogen and oxygen atoms in total. The number of para-hydroxylation sites is 1. The number of hydrogen-bond donors (Lipinski definition) is 2. The van der Waals surface area contributed by atoms with Gasteiger partial charge >= 0.3 is 11.9 Å². The first-order chi connectivity index (χ1) is 19.9. The molecule has 0 bridgehead atoms. The van der Waals surface area contributed by atoms with E-state index < -0.39 is 18.0 Å². The van der Waals surface area contributed by atoms with Gasteiger partial charge in [0.15, 0.2) is 11.5 Å². The number of fused-ring (bicyclic) bond motifs is 1. The van der Waals surface area contributed by atoms with Gasteiger partial charge in [-0.2, -0.15) is 5.10 Å². The standard InChI is InChI=1S/C33H33N3O5/c1-3-5-15-27-28(30(33(40)41-4-2)35-36(27)23-12-7-6-8-13-23)25-17-16-22(32(38)39)20-26(25)31(37)29-24-14-10-9-11-21(24)18-19-34-29/h6-14,16-17,20,29,34H,3-5,15,18-19H2,1-2H3,(H,38,39). The fourth-order valence-electron chi connectivity index (χ4n) is 5.43. The highest BCUT2D eigenvalue weighted by Gasteiger charge is 2.33. The van der Waals surface area contributed by atoms with Crippen molar-refractivity contribution in [2.45, 2.75) is 45.6 Å². The largest absolute Gasteiger partial charge is 0.478 e. The molecule has 1 aromatic heterocycles. The molecule has 8 heteroatoms. The van der Waals surface area contributed by atoms with Crippen LogP contribution >= 0.6 is 0 Å². The number of carboxylic acids is 1. The van der Waals surface area contributed by atoms with E-state index in [0.29, 0.717) is 24.1 Å². The highest BCUT2D eigenvalue weighted by molar-refractivity contribution is 6.10. The molecule has 0 aliphatic carbocycles. The third-order valence-corrected chi connectivity index (χ3v) is 7.39. The number of esters is 1. The van der Waals surface area contributed by atoms with Gasteiger partial charge in [-0.25, -0.2) is 14.3 Å². The predicted octanol–water partition coefficient (Wildman–Crippen LogP) is 5.83. The monoisotopic (exact) mass is 551 g/mol. The Hall–Kier alpha value is -4.56. The van der Waals surface area contributed by atoms with Crippen molar-refractivity contribution in [3.05, 3.63) is 106 Å². The molecule has 0 fully saturated rings. The summed E-state index contributed by atoms with van der Waals surface area (Å²) in [5.74, 6) is -2.00. The summed E-state index contributed by atoms with van der Waals surface area (Å²) >= 11 is 0. The van der Waals surface area contributed by atoms with Crippen molar-refractivity contribution in [3.8, 4) is 16.8 Å². The average Bonchev–Trinajstić information content (AvgIpc) is 3.39. The molecule has 1 aliphatic rings. The van der Waals surface area contributed by atoms with Crippen molar-refractivity contribution < 1.29 is 24.2 Å². The van der Waals surface area contributed by atoms with E-state index in [2.05, 4.69) is 12.2 Å². The van der Waals surface area contributed by atoms with Gasteiger partial charge < -0.3 is 15.2 Å². The zero-order valence-electron chi connectivity index (χ0n) is 23.2. The molecule has 1 aliphatic heterocycles. The van der Waals surface area contributed by atoms with Gasteiger partial charge in [0.05, 0.1) is 29.6 Å². The van der Waals surface area contributed by atoms with Gasteiger partial charge in [0.2, 0.25) is 0 Å². The van der Waals surface area contributed by atoms with Crippen LogP contribution in [0.25, 0.3) is 16.8 Å². The van der Waals surface area contributed by atoms with Crippen molar-refractivity contribution in [1.82, 2.24) is 15.1 Å². The normalized spacial score (nSPS) is 14.3. The molecular weight excluding hydrogens is 518 g/mol. The minimum atomic E-state index is -1.14. The Morgan fingerprint density at radius 2 is 1.78 bits per heavy atom. The number of Topliss-reactive ketones (excluding diaryl/α,β-unsaturated/α-hetero) is 1. The molecule has 0 spiro atoms. The Kier molecular flexibility index (Phi) is 8.40. The van der Waals surface area contributed by atoms with Crippen molar-refractivity contribution in [3.63, 3.8) is 0 Å². The van der Waals surface area contributed by atoms with Crippen molar-refractivity contribution in [2.75, 3.05) is 13.2 Å². The van der Waals surface area contributed by atoms with E-state index in [4.69, 9.17) is 9.84 Å². The molecular formula is C33H33N3O5. The molecule has 2 N–H and O–H groups in total. The van der Waals surface area contributed by atoms with Gasteiger partial charge in [0.1, 0.15) is 0 Å². The van der Waals surface area contributed by atoms with Crippen molar-refractivity contribution >= 4 is 17.7 Å². The average molecular weight is 552 g/mol. The van der Waals surface area contributed by atoms with Crippen LogP contribution in [0.3, 0.4) is 0 Å². The molecule has 1 unspecified atom stereocenters. The molecule has 3 aromatic carbocycles. The van der Waals surface area contributed by atoms with Crippen LogP contribution in [0.5, 0.6) is 0 Å². The van der Waals surface area contributed by atoms with E-state index in [0.717, 1.165) is 41.8 Å². The summed E-state index contributed by atoms with van der Waals surface area (Å²) < 4.78 is 7.16. The lowest BCUT2D eigenvalue weighted by Crippen LogP contribution is -2.35. The van der Waals surface area contributed by atoms with Crippen LogP contribution in [-0.4, -0.2) is 45.8 Å². The third-order valence-electron chi connectivity index (χ3n) is 7.39. The molecule has 5 rings (SSSR count). The number of aromatic nitrogens is 2. The van der Waals surface area contributed by atoms with Crippen LogP contribution in [0, 0.1) is 0 Å². The second kappa shape index (κ2) is 12.3. The summed E-state index contributed by atoms with van der Waals surface area (Å²) in [6.45, 7) is 4.58. The maximum Gasteiger partial charge on any atom is 0.359 e. The number of nitrogens with zero attached hydrogens (tertiary/aromatic N) is 2. The van der Waals surface area contributed by atoms with Crippen LogP contribution in [-0.2, 0) is 17.6 Å². The number of rotatable bonds is 10. The number of hydrogen-bond acceptors (Lipinski definition) is 6. The maximum atomic E-state index is 14.3. The summed E-state index contributed by atoms with van der Waals surface area (Å²) in [5.41, 5.74) is 4.73. The first-order valence-electron chi connectivity index (χ1n) is 14.0. The number of carbonyl (C=O) groups is 3. The smallest absolute Gasteiger partial charge is 0.359 e. The van der Waals surface area contributed by atoms with Crippen LogP contribution in [0.15, 0.2) is 72.8 Å². The predicted molar refractivity (Wildman–Crippen MR) is 156 cm³/mol. The van der Waals surface area contributed by atoms with Gasteiger partial charge in [0, 0.05) is 17.7 Å². The van der Waals surface area contributed by atoms with Crippen molar-refractivity contribution in [2.24, 2.45) is 0 Å². The second-order valence-electron chi connectivity index (χ2n) is 10.0. The van der Waals surface area contributed by atoms with E-state index in [1.165, 1.54) is 12.1 Å². The quantitative estimate of drug-likeness (QED) is 0.189. The summed E-state index contributed by atoms with van der Waals surface area (Å²) in [5, 5.41) is 17.9. The molecule has 1 atom stereocenters. The number of unbranched alkanes of at least 4 members (excludes halogenated alkanes) is 1. The molecule has 0 radical (unpaired) electrons. The van der Waals surface area contributed by atoms with Crippen LogP contribution < -0.4 is 5.32 Å². The minimum Gasteiger partial charge on any atom is -0.478 e. The van der Waals surface area contributed by atoms with Crippen LogP contribution in [0.2, 0.25) is 0 Å². The van der Waals surface area contributed by atoms with E-state index in [1.54, 1.807) is 17.7 Å². The van der Waals surface area contributed by atoms with Gasteiger partial charge in [-0.1, -0.05) is 61.9 Å². The Bertz CT molecular complexity index is 1590. The molecule has 210 valence electrons. The Balaban J connectivity index is 1.77.